The lowest BCUT2D eigenvalue weighted by Gasteiger charge is -2.13. The van der Waals surface area contributed by atoms with Crippen molar-refractivity contribution in [3.05, 3.63) is 42.2 Å². The predicted molar refractivity (Wildman–Crippen MR) is 77.4 cm³/mol. The lowest BCUT2D eigenvalue weighted by atomic mass is 10.2. The van der Waals surface area contributed by atoms with Crippen LogP contribution in [-0.4, -0.2) is 36.3 Å². The molecule has 0 atom stereocenters. The Morgan fingerprint density at radius 1 is 1.17 bits per heavy atom. The van der Waals surface area contributed by atoms with Crippen LogP contribution < -0.4 is 15.0 Å². The van der Waals surface area contributed by atoms with Crippen molar-refractivity contribution >= 4 is 17.5 Å². The second-order valence-electron chi connectivity index (χ2n) is 4.66. The molecule has 0 radical (unpaired) electrons. The first-order chi connectivity index (χ1) is 10.8. The van der Waals surface area contributed by atoms with E-state index < -0.39 is 18.0 Å². The van der Waals surface area contributed by atoms with E-state index in [0.717, 1.165) is 6.07 Å². The van der Waals surface area contributed by atoms with E-state index in [1.807, 2.05) is 0 Å². The molecule has 0 unspecified atom stereocenters. The van der Waals surface area contributed by atoms with E-state index in [4.69, 9.17) is 0 Å². The van der Waals surface area contributed by atoms with Crippen molar-refractivity contribution < 1.29 is 22.7 Å². The number of benzene rings is 1. The first-order valence-corrected chi connectivity index (χ1v) is 6.42. The SMILES string of the molecule is CN(C)c1ncc(NC(=O)c2ccccc2OC(F)(F)F)cn1. The zero-order valence-corrected chi connectivity index (χ0v) is 12.3. The Labute approximate surface area is 129 Å². The summed E-state index contributed by atoms with van der Waals surface area (Å²) in [6.45, 7) is 0. The zero-order chi connectivity index (χ0) is 17.0. The van der Waals surface area contributed by atoms with E-state index in [-0.39, 0.29) is 11.3 Å². The molecule has 1 amide bonds. The van der Waals surface area contributed by atoms with Gasteiger partial charge in [-0.2, -0.15) is 0 Å². The molecule has 1 N–H and O–H groups in total. The van der Waals surface area contributed by atoms with Crippen LogP contribution >= 0.6 is 0 Å². The highest BCUT2D eigenvalue weighted by Crippen LogP contribution is 2.26. The molecule has 0 fully saturated rings. The van der Waals surface area contributed by atoms with Gasteiger partial charge < -0.3 is 15.0 Å². The van der Waals surface area contributed by atoms with Crippen molar-refractivity contribution in [2.75, 3.05) is 24.3 Å². The lowest BCUT2D eigenvalue weighted by Crippen LogP contribution is -2.21. The fourth-order valence-corrected chi connectivity index (χ4v) is 1.68. The van der Waals surface area contributed by atoms with Gasteiger partial charge in [0.15, 0.2) is 0 Å². The topological polar surface area (TPSA) is 67.4 Å². The minimum absolute atomic E-state index is 0.249. The maximum Gasteiger partial charge on any atom is 0.573 e. The fraction of sp³-hybridized carbons (Fsp3) is 0.214. The average molecular weight is 326 g/mol. The molecule has 0 spiro atoms. The van der Waals surface area contributed by atoms with Gasteiger partial charge in [0.2, 0.25) is 5.95 Å². The molecule has 6 nitrogen and oxygen atoms in total. The molecule has 0 aliphatic rings. The van der Waals surface area contributed by atoms with Crippen molar-refractivity contribution in [1.29, 1.82) is 0 Å². The summed E-state index contributed by atoms with van der Waals surface area (Å²) < 4.78 is 40.9. The highest BCUT2D eigenvalue weighted by atomic mass is 19.4. The van der Waals surface area contributed by atoms with Crippen LogP contribution in [0.5, 0.6) is 5.75 Å². The van der Waals surface area contributed by atoms with E-state index >= 15 is 0 Å². The standard InChI is InChI=1S/C14H13F3N4O2/c1-21(2)13-18-7-9(8-19-13)20-12(22)10-5-3-4-6-11(10)23-14(15,16)17/h3-8H,1-2H3,(H,20,22). The number of carbonyl (C=O) groups excluding carboxylic acids is 1. The van der Waals surface area contributed by atoms with E-state index in [1.54, 1.807) is 19.0 Å². The molecule has 2 rings (SSSR count). The third kappa shape index (κ3) is 4.56. The summed E-state index contributed by atoms with van der Waals surface area (Å²) in [4.78, 5) is 21.8. The molecule has 0 bridgehead atoms. The molecular formula is C14H13F3N4O2. The van der Waals surface area contributed by atoms with Crippen LogP contribution in [0.25, 0.3) is 0 Å². The number of hydrogen-bond acceptors (Lipinski definition) is 5. The summed E-state index contributed by atoms with van der Waals surface area (Å²) in [5.74, 6) is -0.904. The van der Waals surface area contributed by atoms with Crippen molar-refractivity contribution in [1.82, 2.24) is 9.97 Å². The van der Waals surface area contributed by atoms with E-state index in [0.29, 0.717) is 5.95 Å². The number of rotatable bonds is 4. The minimum Gasteiger partial charge on any atom is -0.405 e. The number of nitrogens with one attached hydrogen (secondary N) is 1. The maximum atomic E-state index is 12.4. The first-order valence-electron chi connectivity index (χ1n) is 6.42. The fourth-order valence-electron chi connectivity index (χ4n) is 1.68. The van der Waals surface area contributed by atoms with Crippen LogP contribution in [0.2, 0.25) is 0 Å². The molecule has 122 valence electrons. The summed E-state index contributed by atoms with van der Waals surface area (Å²) in [5, 5.41) is 2.42. The molecular weight excluding hydrogens is 313 g/mol. The highest BCUT2D eigenvalue weighted by Gasteiger charge is 2.32. The Morgan fingerprint density at radius 2 is 1.78 bits per heavy atom. The van der Waals surface area contributed by atoms with E-state index in [1.165, 1.54) is 30.6 Å². The van der Waals surface area contributed by atoms with Gasteiger partial charge in [-0.05, 0) is 12.1 Å². The zero-order valence-electron chi connectivity index (χ0n) is 12.3. The number of para-hydroxylation sites is 1. The second kappa shape index (κ2) is 6.51. The van der Waals surface area contributed by atoms with E-state index in [9.17, 15) is 18.0 Å². The molecule has 1 aromatic heterocycles. The largest absolute Gasteiger partial charge is 0.573 e. The quantitative estimate of drug-likeness (QED) is 0.936. The normalized spacial score (nSPS) is 11.0. The van der Waals surface area contributed by atoms with Crippen molar-refractivity contribution in [2.24, 2.45) is 0 Å². The number of aromatic nitrogens is 2. The Hall–Kier alpha value is -2.84. The molecule has 9 heteroatoms. The van der Waals surface area contributed by atoms with Gasteiger partial charge in [-0.15, -0.1) is 13.2 Å². The van der Waals surface area contributed by atoms with Gasteiger partial charge in [-0.25, -0.2) is 9.97 Å². The number of carbonyl (C=O) groups is 1. The van der Waals surface area contributed by atoms with Crippen LogP contribution in [-0.2, 0) is 0 Å². The van der Waals surface area contributed by atoms with Gasteiger partial charge in [0.05, 0.1) is 23.6 Å². The monoisotopic (exact) mass is 326 g/mol. The summed E-state index contributed by atoms with van der Waals surface area (Å²) >= 11 is 0. The number of halogens is 3. The lowest BCUT2D eigenvalue weighted by molar-refractivity contribution is -0.274. The Kier molecular flexibility index (Phi) is 4.68. The molecule has 1 aromatic carbocycles. The van der Waals surface area contributed by atoms with Gasteiger partial charge in [0.1, 0.15) is 5.75 Å². The third-order valence-electron chi connectivity index (χ3n) is 2.65. The summed E-state index contributed by atoms with van der Waals surface area (Å²) in [5.41, 5.74) is 0.00363. The van der Waals surface area contributed by atoms with Crippen molar-refractivity contribution in [3.8, 4) is 5.75 Å². The molecule has 23 heavy (non-hydrogen) atoms. The Morgan fingerprint density at radius 3 is 2.35 bits per heavy atom. The molecule has 0 saturated carbocycles. The van der Waals surface area contributed by atoms with Crippen LogP contribution in [0.1, 0.15) is 10.4 Å². The number of hydrogen-bond donors (Lipinski definition) is 1. The summed E-state index contributed by atoms with van der Waals surface area (Å²) in [7, 11) is 3.50. The number of nitrogens with zero attached hydrogens (tertiary/aromatic N) is 3. The molecule has 0 aliphatic carbocycles. The molecule has 1 heterocycles. The third-order valence-corrected chi connectivity index (χ3v) is 2.65. The predicted octanol–water partition coefficient (Wildman–Crippen LogP) is 2.69. The van der Waals surface area contributed by atoms with Gasteiger partial charge in [-0.1, -0.05) is 12.1 Å². The Balaban J connectivity index is 2.17. The minimum atomic E-state index is -4.88. The van der Waals surface area contributed by atoms with Crippen LogP contribution in [0, 0.1) is 0 Å². The highest BCUT2D eigenvalue weighted by molar-refractivity contribution is 6.06. The molecule has 0 saturated heterocycles. The first kappa shape index (κ1) is 16.5. The maximum absolute atomic E-state index is 12.4. The Bertz CT molecular complexity index is 687. The van der Waals surface area contributed by atoms with Crippen molar-refractivity contribution in [2.45, 2.75) is 6.36 Å². The van der Waals surface area contributed by atoms with Crippen LogP contribution in [0.15, 0.2) is 36.7 Å². The van der Waals surface area contributed by atoms with Gasteiger partial charge in [-0.3, -0.25) is 4.79 Å². The summed E-state index contributed by atoms with van der Waals surface area (Å²) in [6.07, 6.45) is -2.17. The number of alkyl halides is 3. The van der Waals surface area contributed by atoms with Gasteiger partial charge in [0, 0.05) is 14.1 Å². The van der Waals surface area contributed by atoms with E-state index in [2.05, 4.69) is 20.0 Å². The van der Waals surface area contributed by atoms with Gasteiger partial charge >= 0.3 is 6.36 Å². The second-order valence-corrected chi connectivity index (χ2v) is 4.66. The molecule has 2 aromatic rings. The van der Waals surface area contributed by atoms with Crippen molar-refractivity contribution in [3.63, 3.8) is 0 Å². The number of anilines is 2. The molecule has 0 aliphatic heterocycles. The smallest absolute Gasteiger partial charge is 0.405 e. The number of amides is 1. The van der Waals surface area contributed by atoms with Gasteiger partial charge in [0.25, 0.3) is 5.91 Å². The summed E-state index contributed by atoms with van der Waals surface area (Å²) in [6, 6.07) is 5.07. The number of ether oxygens (including phenoxy) is 1. The van der Waals surface area contributed by atoms with Crippen LogP contribution in [0.4, 0.5) is 24.8 Å². The average Bonchev–Trinajstić information content (AvgIpc) is 2.46. The van der Waals surface area contributed by atoms with Crippen LogP contribution in [0.3, 0.4) is 0 Å².